The molecule has 1 unspecified atom stereocenters. The molecule has 23 heavy (non-hydrogen) atoms. The van der Waals surface area contributed by atoms with Gasteiger partial charge in [0.05, 0.1) is 11.8 Å². The lowest BCUT2D eigenvalue weighted by molar-refractivity contribution is 0.217. The average molecular weight is 378 g/mol. The largest absolute Gasteiger partial charge is 0.473 e. The summed E-state index contributed by atoms with van der Waals surface area (Å²) >= 11 is -0.157. The summed E-state index contributed by atoms with van der Waals surface area (Å²) < 4.78 is 2.97. The SMILES string of the molecule is CCC1=CCC(N([Si](C)(C)C)[Si](C)(C)C)C1.O=C(O)SC(=O)O. The van der Waals surface area contributed by atoms with Gasteiger partial charge in [-0.15, -0.1) is 0 Å². The van der Waals surface area contributed by atoms with Crippen LogP contribution in [0.3, 0.4) is 0 Å². The summed E-state index contributed by atoms with van der Waals surface area (Å²) in [6.45, 7) is 17.3. The van der Waals surface area contributed by atoms with Crippen LogP contribution in [0.25, 0.3) is 0 Å². The molecular formula is C15H31NO4SSi2. The first-order valence-corrected chi connectivity index (χ1v) is 15.6. The standard InChI is InChI=1S/C13H29NSi2.C2H2O4S/c1-8-12-9-10-13(11-12)14(15(2,3)4)16(5,6)7;3-1(4)7-2(5)6/h9,13H,8,10-11H2,1-7H3;(H,3,4)(H,5,6). The zero-order valence-electron chi connectivity index (χ0n) is 15.3. The molecule has 0 heterocycles. The molecule has 1 rings (SSSR count). The van der Waals surface area contributed by atoms with Crippen molar-refractivity contribution >= 4 is 38.8 Å². The van der Waals surface area contributed by atoms with Crippen LogP contribution in [0, 0.1) is 0 Å². The Morgan fingerprint density at radius 2 is 1.57 bits per heavy atom. The molecule has 1 aliphatic carbocycles. The zero-order chi connectivity index (χ0) is 18.4. The maximum absolute atomic E-state index is 9.39. The minimum Gasteiger partial charge on any atom is -0.473 e. The van der Waals surface area contributed by atoms with Crippen molar-refractivity contribution < 1.29 is 19.8 Å². The Labute approximate surface area is 146 Å². The Hall–Kier alpha value is -0.576. The highest BCUT2D eigenvalue weighted by atomic mass is 32.2. The number of hydrogen-bond acceptors (Lipinski definition) is 4. The quantitative estimate of drug-likeness (QED) is 0.495. The number of carbonyl (C=O) groups is 2. The van der Waals surface area contributed by atoms with Gasteiger partial charge in [-0.05, 0) is 19.3 Å². The fourth-order valence-corrected chi connectivity index (χ4v) is 14.2. The molecule has 0 amide bonds. The van der Waals surface area contributed by atoms with Crippen LogP contribution >= 0.6 is 11.8 Å². The molecule has 0 fully saturated rings. The second-order valence-corrected chi connectivity index (χ2v) is 18.7. The van der Waals surface area contributed by atoms with Gasteiger partial charge in [-0.25, -0.2) is 9.59 Å². The van der Waals surface area contributed by atoms with E-state index in [-0.39, 0.29) is 11.8 Å². The van der Waals surface area contributed by atoms with Crippen LogP contribution in [-0.4, -0.2) is 47.6 Å². The number of rotatable bonds is 4. The Morgan fingerprint density at radius 1 is 1.13 bits per heavy atom. The van der Waals surface area contributed by atoms with Gasteiger partial charge in [0.2, 0.25) is 0 Å². The first-order valence-electron chi connectivity index (χ1n) is 7.90. The number of nitrogens with zero attached hydrogens (tertiary/aromatic N) is 1. The Morgan fingerprint density at radius 3 is 1.78 bits per heavy atom. The molecule has 0 aromatic carbocycles. The van der Waals surface area contributed by atoms with E-state index in [0.717, 1.165) is 6.04 Å². The van der Waals surface area contributed by atoms with Crippen molar-refractivity contribution in [2.45, 2.75) is 71.5 Å². The molecule has 134 valence electrons. The minimum atomic E-state index is -1.40. The normalized spacial score (nSPS) is 18.3. The lowest BCUT2D eigenvalue weighted by Crippen LogP contribution is -2.62. The van der Waals surface area contributed by atoms with Gasteiger partial charge in [0.1, 0.15) is 16.5 Å². The van der Waals surface area contributed by atoms with Crippen LogP contribution in [0.1, 0.15) is 26.2 Å². The van der Waals surface area contributed by atoms with Crippen molar-refractivity contribution in [1.82, 2.24) is 4.23 Å². The lowest BCUT2D eigenvalue weighted by atomic mass is 10.1. The predicted molar refractivity (Wildman–Crippen MR) is 104 cm³/mol. The summed E-state index contributed by atoms with van der Waals surface area (Å²) in [5.74, 6) is 0. The van der Waals surface area contributed by atoms with Crippen LogP contribution in [-0.2, 0) is 0 Å². The van der Waals surface area contributed by atoms with Gasteiger partial charge < -0.3 is 14.4 Å². The Bertz CT molecular complexity index is 429. The molecule has 0 bridgehead atoms. The molecule has 0 aromatic heterocycles. The van der Waals surface area contributed by atoms with Gasteiger partial charge in [-0.1, -0.05) is 57.9 Å². The highest BCUT2D eigenvalue weighted by molar-refractivity contribution is 8.25. The van der Waals surface area contributed by atoms with E-state index in [1.807, 2.05) is 0 Å². The molecule has 2 N–H and O–H groups in total. The minimum absolute atomic E-state index is 0.157. The maximum Gasteiger partial charge on any atom is 0.376 e. The van der Waals surface area contributed by atoms with Crippen molar-refractivity contribution in [2.75, 3.05) is 0 Å². The third-order valence-electron chi connectivity index (χ3n) is 3.62. The number of carboxylic acid groups (broad SMARTS) is 2. The van der Waals surface area contributed by atoms with E-state index in [0.29, 0.717) is 0 Å². The molecule has 0 saturated heterocycles. The van der Waals surface area contributed by atoms with Gasteiger partial charge >= 0.3 is 10.6 Å². The fraction of sp³-hybridized carbons (Fsp3) is 0.733. The van der Waals surface area contributed by atoms with Crippen LogP contribution in [0.15, 0.2) is 11.6 Å². The van der Waals surface area contributed by atoms with Crippen LogP contribution in [0.2, 0.25) is 39.3 Å². The van der Waals surface area contributed by atoms with Gasteiger partial charge in [0.15, 0.2) is 0 Å². The summed E-state index contributed by atoms with van der Waals surface area (Å²) in [6.07, 6.45) is 6.39. The van der Waals surface area contributed by atoms with Crippen molar-refractivity contribution in [1.29, 1.82) is 0 Å². The van der Waals surface area contributed by atoms with E-state index < -0.39 is 27.1 Å². The van der Waals surface area contributed by atoms with E-state index in [4.69, 9.17) is 10.2 Å². The third kappa shape index (κ3) is 8.73. The summed E-state index contributed by atoms with van der Waals surface area (Å²) in [7, 11) is -2.34. The topological polar surface area (TPSA) is 77.8 Å². The van der Waals surface area contributed by atoms with Crippen molar-refractivity contribution in [3.8, 4) is 0 Å². The highest BCUT2D eigenvalue weighted by Crippen LogP contribution is 2.32. The van der Waals surface area contributed by atoms with Crippen LogP contribution < -0.4 is 0 Å². The van der Waals surface area contributed by atoms with Gasteiger partial charge in [-0.3, -0.25) is 0 Å². The summed E-state index contributed by atoms with van der Waals surface area (Å²) in [4.78, 5) is 18.8. The molecule has 0 aliphatic heterocycles. The molecule has 0 aromatic rings. The monoisotopic (exact) mass is 377 g/mol. The van der Waals surface area contributed by atoms with Crippen molar-refractivity contribution in [2.24, 2.45) is 0 Å². The summed E-state index contributed by atoms with van der Waals surface area (Å²) in [5, 5.41) is 12.5. The molecule has 0 radical (unpaired) electrons. The van der Waals surface area contributed by atoms with Crippen molar-refractivity contribution in [3.05, 3.63) is 11.6 Å². The van der Waals surface area contributed by atoms with Crippen LogP contribution in [0.5, 0.6) is 0 Å². The molecular weight excluding hydrogens is 346 g/mol. The van der Waals surface area contributed by atoms with E-state index >= 15 is 0 Å². The molecule has 1 aliphatic rings. The molecule has 5 nitrogen and oxygen atoms in total. The average Bonchev–Trinajstić information content (AvgIpc) is 2.71. The van der Waals surface area contributed by atoms with E-state index in [9.17, 15) is 9.59 Å². The maximum atomic E-state index is 9.39. The summed E-state index contributed by atoms with van der Waals surface area (Å²) in [6, 6.07) is 0.827. The highest BCUT2D eigenvalue weighted by Gasteiger charge is 2.39. The van der Waals surface area contributed by atoms with Crippen LogP contribution in [0.4, 0.5) is 9.59 Å². The smallest absolute Gasteiger partial charge is 0.376 e. The lowest BCUT2D eigenvalue weighted by Gasteiger charge is -2.48. The second-order valence-electron chi connectivity index (χ2n) is 7.66. The predicted octanol–water partition coefficient (Wildman–Crippen LogP) is 5.53. The van der Waals surface area contributed by atoms with Gasteiger partial charge in [0, 0.05) is 6.04 Å². The van der Waals surface area contributed by atoms with E-state index in [1.165, 1.54) is 19.3 Å². The van der Waals surface area contributed by atoms with Gasteiger partial charge in [0.25, 0.3) is 0 Å². The van der Waals surface area contributed by atoms with E-state index in [2.05, 4.69) is 56.5 Å². The first kappa shape index (κ1) is 22.4. The third-order valence-corrected chi connectivity index (χ3v) is 11.6. The Balaban J connectivity index is 0.000000585. The number of thioether (sulfide) groups is 1. The zero-order valence-corrected chi connectivity index (χ0v) is 18.2. The van der Waals surface area contributed by atoms with Gasteiger partial charge in [-0.2, -0.15) is 0 Å². The second kappa shape index (κ2) is 9.05. The number of hydrogen-bond donors (Lipinski definition) is 2. The van der Waals surface area contributed by atoms with Crippen molar-refractivity contribution in [3.63, 3.8) is 0 Å². The molecule has 8 heteroatoms. The molecule has 0 spiro atoms. The fourth-order valence-electron chi connectivity index (χ4n) is 3.43. The first-order chi connectivity index (χ1) is 10.3. The Kier molecular flexibility index (Phi) is 8.82. The van der Waals surface area contributed by atoms with E-state index in [1.54, 1.807) is 5.57 Å². The molecule has 1 atom stereocenters. The summed E-state index contributed by atoms with van der Waals surface area (Å²) in [5.41, 5.74) is 1.69. The molecule has 0 saturated carbocycles.